The van der Waals surface area contributed by atoms with Crippen LogP contribution < -0.4 is 5.32 Å². The van der Waals surface area contributed by atoms with Gasteiger partial charge in [-0.3, -0.25) is 4.68 Å². The van der Waals surface area contributed by atoms with Crippen LogP contribution in [0.15, 0.2) is 35.2 Å². The fourth-order valence-corrected chi connectivity index (χ4v) is 3.77. The lowest BCUT2D eigenvalue weighted by atomic mass is 10.3. The van der Waals surface area contributed by atoms with E-state index in [2.05, 4.69) is 10.4 Å². The Kier molecular flexibility index (Phi) is 2.98. The molecule has 0 aliphatic carbocycles. The molecular formula is C13H14N4O3S. The number of carbonyl (C=O) groups excluding carboxylic acids is 1. The second-order valence-electron chi connectivity index (χ2n) is 4.84. The van der Waals surface area contributed by atoms with Crippen molar-refractivity contribution in [3.05, 3.63) is 41.7 Å². The summed E-state index contributed by atoms with van der Waals surface area (Å²) in [5.41, 5.74) is 1.72. The number of anilines is 1. The van der Waals surface area contributed by atoms with Gasteiger partial charge in [0, 0.05) is 7.05 Å². The second-order valence-corrected chi connectivity index (χ2v) is 6.67. The SMILES string of the molecule is Cc1cc(CN2C(=O)Nc3ccccc3S2(=O)=O)n(C)n1. The molecule has 8 heteroatoms. The highest BCUT2D eigenvalue weighted by Gasteiger charge is 2.36. The molecule has 0 unspecified atom stereocenters. The first-order chi connectivity index (χ1) is 9.89. The van der Waals surface area contributed by atoms with Gasteiger partial charge in [-0.25, -0.2) is 17.5 Å². The van der Waals surface area contributed by atoms with Crippen molar-refractivity contribution in [2.45, 2.75) is 18.4 Å². The first-order valence-electron chi connectivity index (χ1n) is 6.32. The van der Waals surface area contributed by atoms with Crippen LogP contribution in [0.4, 0.5) is 10.5 Å². The van der Waals surface area contributed by atoms with Gasteiger partial charge in [-0.2, -0.15) is 5.10 Å². The molecule has 2 amide bonds. The molecule has 1 aromatic heterocycles. The van der Waals surface area contributed by atoms with E-state index >= 15 is 0 Å². The van der Waals surface area contributed by atoms with Crippen LogP contribution in [0.5, 0.6) is 0 Å². The average molecular weight is 306 g/mol. The van der Waals surface area contributed by atoms with E-state index in [0.29, 0.717) is 11.4 Å². The molecule has 0 atom stereocenters. The van der Waals surface area contributed by atoms with Crippen molar-refractivity contribution in [3.8, 4) is 0 Å². The first kappa shape index (κ1) is 13.6. The number of nitrogens with zero attached hydrogens (tertiary/aromatic N) is 3. The van der Waals surface area contributed by atoms with Crippen molar-refractivity contribution in [2.24, 2.45) is 7.05 Å². The monoisotopic (exact) mass is 306 g/mol. The van der Waals surface area contributed by atoms with Crippen LogP contribution in [0.2, 0.25) is 0 Å². The highest BCUT2D eigenvalue weighted by Crippen LogP contribution is 2.30. The number of carbonyl (C=O) groups is 1. The van der Waals surface area contributed by atoms with Crippen LogP contribution in [0.25, 0.3) is 0 Å². The number of urea groups is 1. The van der Waals surface area contributed by atoms with E-state index in [1.165, 1.54) is 6.07 Å². The van der Waals surface area contributed by atoms with Crippen LogP contribution in [0, 0.1) is 6.92 Å². The molecular weight excluding hydrogens is 292 g/mol. The summed E-state index contributed by atoms with van der Waals surface area (Å²) in [5, 5.41) is 6.75. The minimum Gasteiger partial charge on any atom is -0.306 e. The number of fused-ring (bicyclic) bond motifs is 1. The van der Waals surface area contributed by atoms with E-state index < -0.39 is 16.1 Å². The molecule has 0 saturated heterocycles. The van der Waals surface area contributed by atoms with Crippen LogP contribution in [-0.4, -0.2) is 28.5 Å². The summed E-state index contributed by atoms with van der Waals surface area (Å²) >= 11 is 0. The van der Waals surface area contributed by atoms with E-state index in [4.69, 9.17) is 0 Å². The number of para-hydroxylation sites is 1. The lowest BCUT2D eigenvalue weighted by molar-refractivity contribution is 0.233. The molecule has 1 aliphatic heterocycles. The summed E-state index contributed by atoms with van der Waals surface area (Å²) in [6.07, 6.45) is 0. The molecule has 0 fully saturated rings. The summed E-state index contributed by atoms with van der Waals surface area (Å²) in [6, 6.07) is 7.44. The Morgan fingerprint density at radius 2 is 2.00 bits per heavy atom. The average Bonchev–Trinajstić information content (AvgIpc) is 2.73. The summed E-state index contributed by atoms with van der Waals surface area (Å²) < 4.78 is 27.5. The van der Waals surface area contributed by atoms with Gasteiger partial charge in [0.25, 0.3) is 10.0 Å². The standard InChI is InChI=1S/C13H14N4O3S/c1-9-7-10(16(2)15-9)8-17-13(18)14-11-5-3-4-6-12(11)21(17,19)20/h3-7H,8H2,1-2H3,(H,14,18). The molecule has 2 aromatic rings. The van der Waals surface area contributed by atoms with Crippen LogP contribution in [0.3, 0.4) is 0 Å². The minimum atomic E-state index is -3.86. The molecule has 7 nitrogen and oxygen atoms in total. The van der Waals surface area contributed by atoms with E-state index in [1.54, 1.807) is 36.0 Å². The van der Waals surface area contributed by atoms with Gasteiger partial charge in [0.1, 0.15) is 4.90 Å². The summed E-state index contributed by atoms with van der Waals surface area (Å²) in [4.78, 5) is 12.2. The van der Waals surface area contributed by atoms with Gasteiger partial charge < -0.3 is 5.32 Å². The Labute approximate surface area is 122 Å². The fraction of sp³-hybridized carbons (Fsp3) is 0.231. The van der Waals surface area contributed by atoms with Crippen molar-refractivity contribution in [3.63, 3.8) is 0 Å². The molecule has 0 radical (unpaired) electrons. The molecule has 0 saturated carbocycles. The Morgan fingerprint density at radius 1 is 1.29 bits per heavy atom. The number of aromatic nitrogens is 2. The first-order valence-corrected chi connectivity index (χ1v) is 7.76. The maximum absolute atomic E-state index is 12.6. The third-order valence-corrected chi connectivity index (χ3v) is 5.11. The summed E-state index contributed by atoms with van der Waals surface area (Å²) in [7, 11) is -2.14. The molecule has 21 heavy (non-hydrogen) atoms. The molecule has 0 spiro atoms. The molecule has 1 aliphatic rings. The Morgan fingerprint density at radius 3 is 2.67 bits per heavy atom. The zero-order valence-corrected chi connectivity index (χ0v) is 12.4. The van der Waals surface area contributed by atoms with E-state index in [1.807, 2.05) is 6.92 Å². The Hall–Kier alpha value is -2.35. The maximum Gasteiger partial charge on any atom is 0.336 e. The van der Waals surface area contributed by atoms with Crippen LogP contribution in [0.1, 0.15) is 11.4 Å². The van der Waals surface area contributed by atoms with E-state index in [-0.39, 0.29) is 11.4 Å². The van der Waals surface area contributed by atoms with Gasteiger partial charge >= 0.3 is 6.03 Å². The van der Waals surface area contributed by atoms with Crippen molar-refractivity contribution in [1.82, 2.24) is 14.1 Å². The van der Waals surface area contributed by atoms with Crippen molar-refractivity contribution >= 4 is 21.7 Å². The predicted molar refractivity (Wildman–Crippen MR) is 76.1 cm³/mol. The fourth-order valence-electron chi connectivity index (χ4n) is 2.32. The zero-order chi connectivity index (χ0) is 15.2. The van der Waals surface area contributed by atoms with Crippen LogP contribution in [-0.2, 0) is 23.6 Å². The number of rotatable bonds is 2. The largest absolute Gasteiger partial charge is 0.336 e. The lowest BCUT2D eigenvalue weighted by Gasteiger charge is -2.28. The number of sulfonamides is 1. The number of nitrogens with one attached hydrogen (secondary N) is 1. The Balaban J connectivity index is 2.04. The quantitative estimate of drug-likeness (QED) is 0.910. The zero-order valence-electron chi connectivity index (χ0n) is 11.6. The van der Waals surface area contributed by atoms with Gasteiger partial charge in [0.2, 0.25) is 0 Å². The van der Waals surface area contributed by atoms with Crippen molar-refractivity contribution in [1.29, 1.82) is 0 Å². The molecule has 0 bridgehead atoms. The molecule has 1 N–H and O–H groups in total. The summed E-state index contributed by atoms with van der Waals surface area (Å²) in [6.45, 7) is 1.75. The normalized spacial score (nSPS) is 16.5. The molecule has 2 heterocycles. The predicted octanol–water partition coefficient (Wildman–Crippen LogP) is 1.46. The summed E-state index contributed by atoms with van der Waals surface area (Å²) in [5.74, 6) is 0. The second kappa shape index (κ2) is 4.59. The molecule has 110 valence electrons. The topological polar surface area (TPSA) is 84.3 Å². The highest BCUT2D eigenvalue weighted by molar-refractivity contribution is 7.90. The van der Waals surface area contributed by atoms with Crippen molar-refractivity contribution < 1.29 is 13.2 Å². The van der Waals surface area contributed by atoms with Gasteiger partial charge in [-0.1, -0.05) is 12.1 Å². The van der Waals surface area contributed by atoms with E-state index in [9.17, 15) is 13.2 Å². The van der Waals surface area contributed by atoms with Crippen LogP contribution >= 0.6 is 0 Å². The molecule has 3 rings (SSSR count). The van der Waals surface area contributed by atoms with E-state index in [0.717, 1.165) is 10.00 Å². The third kappa shape index (κ3) is 2.17. The van der Waals surface area contributed by atoms with Gasteiger partial charge in [-0.15, -0.1) is 0 Å². The van der Waals surface area contributed by atoms with Gasteiger partial charge in [-0.05, 0) is 25.1 Å². The van der Waals surface area contributed by atoms with Gasteiger partial charge in [0.15, 0.2) is 0 Å². The smallest absolute Gasteiger partial charge is 0.306 e. The van der Waals surface area contributed by atoms with Gasteiger partial charge in [0.05, 0.1) is 23.6 Å². The van der Waals surface area contributed by atoms with Crippen molar-refractivity contribution in [2.75, 3.05) is 5.32 Å². The number of aryl methyl sites for hydroxylation is 2. The highest BCUT2D eigenvalue weighted by atomic mass is 32.2. The number of hydrogen-bond donors (Lipinski definition) is 1. The maximum atomic E-state index is 12.6. The number of benzene rings is 1. The number of hydrogen-bond acceptors (Lipinski definition) is 4. The lowest BCUT2D eigenvalue weighted by Crippen LogP contribution is -2.43. The number of amides is 2. The Bertz CT molecular complexity index is 826. The molecule has 1 aromatic carbocycles. The third-order valence-electron chi connectivity index (χ3n) is 3.33. The minimum absolute atomic E-state index is 0.0557.